The molecule has 0 radical (unpaired) electrons. The van der Waals surface area contributed by atoms with Crippen molar-refractivity contribution in [3.8, 4) is 5.75 Å². The molecule has 0 saturated heterocycles. The quantitative estimate of drug-likeness (QED) is 0.814. The Hall–Kier alpha value is -0.970. The zero-order valence-corrected chi connectivity index (χ0v) is 12.7. The molecule has 1 rings (SSSR count). The van der Waals surface area contributed by atoms with Crippen LogP contribution in [0.25, 0.3) is 0 Å². The largest absolute Gasteiger partial charge is 0.492 e. The normalized spacial score (nSPS) is 9.63. The van der Waals surface area contributed by atoms with Gasteiger partial charge in [-0.3, -0.25) is 4.79 Å². The first-order chi connectivity index (χ1) is 8.67. The minimum atomic E-state index is -0.0392. The van der Waals surface area contributed by atoms with Crippen molar-refractivity contribution in [2.75, 3.05) is 25.5 Å². The molecule has 0 aliphatic carbocycles. The molecule has 6 heteroatoms. The van der Waals surface area contributed by atoms with Gasteiger partial charge in [-0.25, -0.2) is 0 Å². The molecule has 1 aromatic carbocycles. The molecular formula is C13H20Cl2N2O2. The third-order valence-corrected chi connectivity index (χ3v) is 2.57. The summed E-state index contributed by atoms with van der Waals surface area (Å²) in [6, 6.07) is 5.25. The Morgan fingerprint density at radius 3 is 2.74 bits per heavy atom. The van der Waals surface area contributed by atoms with Gasteiger partial charge in [-0.1, -0.05) is 18.5 Å². The van der Waals surface area contributed by atoms with E-state index in [0.29, 0.717) is 36.0 Å². The second kappa shape index (κ2) is 9.89. The van der Waals surface area contributed by atoms with Crippen LogP contribution in [-0.2, 0) is 4.79 Å². The number of hydrogen-bond acceptors (Lipinski definition) is 3. The average Bonchev–Trinajstić information content (AvgIpc) is 2.35. The van der Waals surface area contributed by atoms with Gasteiger partial charge in [0.2, 0.25) is 5.91 Å². The Balaban J connectivity index is 0.00000324. The van der Waals surface area contributed by atoms with Gasteiger partial charge in [0, 0.05) is 18.7 Å². The molecule has 1 aromatic rings. The van der Waals surface area contributed by atoms with Crippen molar-refractivity contribution in [3.05, 3.63) is 23.2 Å². The summed E-state index contributed by atoms with van der Waals surface area (Å²) in [5.41, 5.74) is 0.685. The van der Waals surface area contributed by atoms with E-state index in [1.54, 1.807) is 18.2 Å². The van der Waals surface area contributed by atoms with Gasteiger partial charge in [-0.15, -0.1) is 12.4 Å². The van der Waals surface area contributed by atoms with Crippen LogP contribution < -0.4 is 15.4 Å². The van der Waals surface area contributed by atoms with Gasteiger partial charge >= 0.3 is 0 Å². The van der Waals surface area contributed by atoms with Crippen molar-refractivity contribution in [1.29, 1.82) is 0 Å². The number of anilines is 1. The van der Waals surface area contributed by atoms with E-state index in [1.807, 2.05) is 14.0 Å². The number of ether oxygens (including phenoxy) is 1. The van der Waals surface area contributed by atoms with Crippen molar-refractivity contribution >= 4 is 35.6 Å². The highest BCUT2D eigenvalue weighted by Crippen LogP contribution is 2.27. The predicted octanol–water partition coefficient (Wildman–Crippen LogP) is 3.10. The molecule has 0 aromatic heterocycles. The lowest BCUT2D eigenvalue weighted by molar-refractivity contribution is -0.116. The van der Waals surface area contributed by atoms with Gasteiger partial charge in [-0.05, 0) is 31.7 Å². The van der Waals surface area contributed by atoms with Crippen molar-refractivity contribution < 1.29 is 9.53 Å². The van der Waals surface area contributed by atoms with E-state index in [4.69, 9.17) is 16.3 Å². The van der Waals surface area contributed by atoms with Gasteiger partial charge in [0.25, 0.3) is 0 Å². The van der Waals surface area contributed by atoms with Crippen molar-refractivity contribution in [1.82, 2.24) is 5.32 Å². The molecule has 0 heterocycles. The van der Waals surface area contributed by atoms with Crippen molar-refractivity contribution in [2.45, 2.75) is 19.8 Å². The average molecular weight is 307 g/mol. The van der Waals surface area contributed by atoms with Gasteiger partial charge in [0.05, 0.1) is 11.6 Å². The number of rotatable bonds is 7. The monoisotopic (exact) mass is 306 g/mol. The van der Waals surface area contributed by atoms with Crippen LogP contribution >= 0.6 is 24.0 Å². The summed E-state index contributed by atoms with van der Waals surface area (Å²) in [7, 11) is 1.81. The Morgan fingerprint density at radius 1 is 1.42 bits per heavy atom. The van der Waals surface area contributed by atoms with Crippen LogP contribution in [0.3, 0.4) is 0 Å². The van der Waals surface area contributed by atoms with Gasteiger partial charge in [0.15, 0.2) is 0 Å². The Morgan fingerprint density at radius 2 is 2.16 bits per heavy atom. The molecule has 0 aliphatic rings. The number of carbonyl (C=O) groups excluding carboxylic acids is 1. The van der Waals surface area contributed by atoms with Gasteiger partial charge in [-0.2, -0.15) is 0 Å². The zero-order valence-electron chi connectivity index (χ0n) is 11.2. The first-order valence-electron chi connectivity index (χ1n) is 6.04. The minimum Gasteiger partial charge on any atom is -0.492 e. The Bertz CT molecular complexity index is 400. The second-order valence-corrected chi connectivity index (χ2v) is 4.30. The lowest BCUT2D eigenvalue weighted by Crippen LogP contribution is -2.18. The molecule has 0 fully saturated rings. The maximum atomic E-state index is 11.5. The number of amides is 1. The highest BCUT2D eigenvalue weighted by atomic mass is 35.5. The second-order valence-electron chi connectivity index (χ2n) is 3.90. The highest BCUT2D eigenvalue weighted by molar-refractivity contribution is 6.32. The van der Waals surface area contributed by atoms with Crippen LogP contribution in [0, 0.1) is 0 Å². The van der Waals surface area contributed by atoms with E-state index in [0.717, 1.165) is 6.42 Å². The SMILES string of the molecule is CCCOc1ccc(NC(=O)CCNC)cc1Cl.Cl. The first kappa shape index (κ1) is 18.0. The van der Waals surface area contributed by atoms with E-state index < -0.39 is 0 Å². The number of benzene rings is 1. The van der Waals surface area contributed by atoms with E-state index in [9.17, 15) is 4.79 Å². The van der Waals surface area contributed by atoms with Gasteiger partial charge in [0.1, 0.15) is 5.75 Å². The van der Waals surface area contributed by atoms with Crippen LogP contribution in [0.5, 0.6) is 5.75 Å². The van der Waals surface area contributed by atoms with E-state index in [2.05, 4.69) is 10.6 Å². The first-order valence-corrected chi connectivity index (χ1v) is 6.42. The summed E-state index contributed by atoms with van der Waals surface area (Å²) >= 11 is 6.06. The molecule has 2 N–H and O–H groups in total. The van der Waals surface area contributed by atoms with Crippen LogP contribution in [0.2, 0.25) is 5.02 Å². The van der Waals surface area contributed by atoms with Crippen LogP contribution in [0.1, 0.15) is 19.8 Å². The Kier molecular flexibility index (Phi) is 9.39. The summed E-state index contributed by atoms with van der Waals surface area (Å²) in [6.07, 6.45) is 1.36. The fourth-order valence-electron chi connectivity index (χ4n) is 1.37. The molecular weight excluding hydrogens is 287 g/mol. The van der Waals surface area contributed by atoms with Crippen LogP contribution in [-0.4, -0.2) is 26.1 Å². The molecule has 0 saturated carbocycles. The number of halogens is 2. The smallest absolute Gasteiger partial charge is 0.225 e. The summed E-state index contributed by atoms with van der Waals surface area (Å²) in [4.78, 5) is 11.5. The van der Waals surface area contributed by atoms with E-state index >= 15 is 0 Å². The zero-order chi connectivity index (χ0) is 13.4. The molecule has 19 heavy (non-hydrogen) atoms. The molecule has 0 atom stereocenters. The molecule has 0 bridgehead atoms. The van der Waals surface area contributed by atoms with E-state index in [-0.39, 0.29) is 18.3 Å². The standard InChI is InChI=1S/C13H19ClN2O2.ClH/c1-3-8-18-12-5-4-10(9-11(12)14)16-13(17)6-7-15-2;/h4-5,9,15H,3,6-8H2,1-2H3,(H,16,17);1H. The van der Waals surface area contributed by atoms with Gasteiger partial charge < -0.3 is 15.4 Å². The maximum absolute atomic E-state index is 11.5. The van der Waals surface area contributed by atoms with Crippen LogP contribution in [0.4, 0.5) is 5.69 Å². The molecule has 0 aliphatic heterocycles. The van der Waals surface area contributed by atoms with Crippen LogP contribution in [0.15, 0.2) is 18.2 Å². The minimum absolute atomic E-state index is 0. The van der Waals surface area contributed by atoms with E-state index in [1.165, 1.54) is 0 Å². The summed E-state index contributed by atoms with van der Waals surface area (Å²) in [6.45, 7) is 3.31. The third kappa shape index (κ3) is 6.66. The summed E-state index contributed by atoms with van der Waals surface area (Å²) < 4.78 is 5.46. The number of carbonyl (C=O) groups is 1. The summed E-state index contributed by atoms with van der Waals surface area (Å²) in [5.74, 6) is 0.606. The maximum Gasteiger partial charge on any atom is 0.225 e. The number of nitrogens with one attached hydrogen (secondary N) is 2. The summed E-state index contributed by atoms with van der Waals surface area (Å²) in [5, 5.41) is 6.21. The molecule has 108 valence electrons. The fourth-order valence-corrected chi connectivity index (χ4v) is 1.60. The fraction of sp³-hybridized carbons (Fsp3) is 0.462. The number of hydrogen-bond donors (Lipinski definition) is 2. The molecule has 0 unspecified atom stereocenters. The predicted molar refractivity (Wildman–Crippen MR) is 81.7 cm³/mol. The Labute approximate surface area is 125 Å². The highest BCUT2D eigenvalue weighted by Gasteiger charge is 2.05. The molecule has 1 amide bonds. The topological polar surface area (TPSA) is 50.4 Å². The molecule has 4 nitrogen and oxygen atoms in total. The lowest BCUT2D eigenvalue weighted by atomic mass is 10.3. The molecule has 0 spiro atoms. The third-order valence-electron chi connectivity index (χ3n) is 2.28. The lowest BCUT2D eigenvalue weighted by Gasteiger charge is -2.09. The van der Waals surface area contributed by atoms with Crippen molar-refractivity contribution in [2.24, 2.45) is 0 Å². The van der Waals surface area contributed by atoms with Crippen molar-refractivity contribution in [3.63, 3.8) is 0 Å².